The van der Waals surface area contributed by atoms with Crippen molar-refractivity contribution in [3.63, 3.8) is 0 Å². The summed E-state index contributed by atoms with van der Waals surface area (Å²) < 4.78 is 0. The number of rotatable bonds is 2. The van der Waals surface area contributed by atoms with Crippen LogP contribution in [0.4, 0.5) is 0 Å². The lowest BCUT2D eigenvalue weighted by atomic mass is 10.0. The lowest BCUT2D eigenvalue weighted by Crippen LogP contribution is -1.92. The van der Waals surface area contributed by atoms with Crippen LogP contribution in [0.15, 0.2) is 30.3 Å². The molecule has 1 rings (SSSR count). The van der Waals surface area contributed by atoms with Gasteiger partial charge in [0.1, 0.15) is 5.92 Å². The molecule has 0 saturated heterocycles. The minimum absolute atomic E-state index is 0.777. The fourth-order valence-corrected chi connectivity index (χ4v) is 1.07. The number of benzene rings is 1. The van der Waals surface area contributed by atoms with Crippen molar-refractivity contribution in [3.05, 3.63) is 41.8 Å². The molecular weight excluding hydrogens is 168 g/mol. The van der Waals surface area contributed by atoms with Gasteiger partial charge in [-0.15, -0.1) is 12.3 Å². The summed E-state index contributed by atoms with van der Waals surface area (Å²) in [5.41, 5.74) is 1.03. The minimum Gasteiger partial charge on any atom is -0.118 e. The van der Waals surface area contributed by atoms with Gasteiger partial charge in [0.05, 0.1) is 0 Å². The van der Waals surface area contributed by atoms with E-state index in [0.717, 1.165) is 24.3 Å². The summed E-state index contributed by atoms with van der Waals surface area (Å²) in [6, 6.07) is 9.87. The van der Waals surface area contributed by atoms with E-state index in [1.807, 2.05) is 30.3 Å². The van der Waals surface area contributed by atoms with Gasteiger partial charge in [-0.05, 0) is 12.0 Å². The molecule has 0 aromatic heterocycles. The molecule has 0 unspecified atom stereocenters. The Morgan fingerprint density at radius 3 is 2.57 bits per heavy atom. The second kappa shape index (κ2) is 5.90. The van der Waals surface area contributed by atoms with Gasteiger partial charge in [0.15, 0.2) is 0 Å². The standard InChI is InChI=1S/C14H13/c1-3-5-7-10-13(4-2)14-11-8-6-9-12-14/h2,6,8-9,11-12H,3,5H2,1H3. The molecule has 14 heavy (non-hydrogen) atoms. The van der Waals surface area contributed by atoms with E-state index in [9.17, 15) is 0 Å². The summed E-state index contributed by atoms with van der Waals surface area (Å²) in [6.07, 6.45) is 7.37. The van der Waals surface area contributed by atoms with Gasteiger partial charge in [0.25, 0.3) is 0 Å². The molecule has 0 fully saturated rings. The Hall–Kier alpha value is -1.66. The summed E-state index contributed by atoms with van der Waals surface area (Å²) in [4.78, 5) is 0. The summed E-state index contributed by atoms with van der Waals surface area (Å²) in [5.74, 6) is 9.47. The van der Waals surface area contributed by atoms with E-state index in [1.54, 1.807) is 0 Å². The van der Waals surface area contributed by atoms with Gasteiger partial charge in [0, 0.05) is 6.42 Å². The number of hydrogen-bond donors (Lipinski definition) is 0. The van der Waals surface area contributed by atoms with Crippen LogP contribution in [0, 0.1) is 30.1 Å². The molecule has 1 radical (unpaired) electrons. The highest BCUT2D eigenvalue weighted by molar-refractivity contribution is 5.51. The Morgan fingerprint density at radius 2 is 2.00 bits per heavy atom. The van der Waals surface area contributed by atoms with Crippen molar-refractivity contribution in [1.82, 2.24) is 0 Å². The fraction of sp³-hybridized carbons (Fsp3) is 0.214. The third-order valence-corrected chi connectivity index (χ3v) is 1.80. The molecule has 0 amide bonds. The molecule has 0 N–H and O–H groups in total. The zero-order valence-corrected chi connectivity index (χ0v) is 8.38. The van der Waals surface area contributed by atoms with Crippen LogP contribution in [0.3, 0.4) is 0 Å². The Morgan fingerprint density at radius 1 is 1.29 bits per heavy atom. The van der Waals surface area contributed by atoms with Crippen molar-refractivity contribution in [1.29, 1.82) is 0 Å². The minimum atomic E-state index is 0.777. The average Bonchev–Trinajstić information content (AvgIpc) is 2.26. The van der Waals surface area contributed by atoms with Gasteiger partial charge in [-0.2, -0.15) is 0 Å². The average molecular weight is 181 g/mol. The van der Waals surface area contributed by atoms with Crippen LogP contribution >= 0.6 is 0 Å². The lowest BCUT2D eigenvalue weighted by Gasteiger charge is -2.00. The zero-order chi connectivity index (χ0) is 10.2. The molecular formula is C14H13. The maximum Gasteiger partial charge on any atom is 0.148 e. The molecule has 0 aliphatic heterocycles. The molecule has 0 bridgehead atoms. The Balaban J connectivity index is 2.76. The van der Waals surface area contributed by atoms with Crippen molar-refractivity contribution >= 4 is 0 Å². The maximum atomic E-state index is 5.40. The first-order valence-corrected chi connectivity index (χ1v) is 4.76. The fourth-order valence-electron chi connectivity index (χ4n) is 1.07. The van der Waals surface area contributed by atoms with E-state index in [4.69, 9.17) is 6.42 Å². The Kier molecular flexibility index (Phi) is 4.39. The topological polar surface area (TPSA) is 0 Å². The molecule has 0 saturated carbocycles. The molecule has 69 valence electrons. The molecule has 1 aromatic rings. The van der Waals surface area contributed by atoms with Crippen LogP contribution in [0.5, 0.6) is 0 Å². The van der Waals surface area contributed by atoms with Gasteiger partial charge in [-0.1, -0.05) is 49.1 Å². The molecule has 0 aliphatic carbocycles. The largest absolute Gasteiger partial charge is 0.148 e. The zero-order valence-electron chi connectivity index (χ0n) is 8.38. The SMILES string of the molecule is C#C[C](C#CCCC)c1ccccc1. The first-order chi connectivity index (χ1) is 6.88. The first-order valence-electron chi connectivity index (χ1n) is 4.76. The predicted octanol–water partition coefficient (Wildman–Crippen LogP) is 3.05. The van der Waals surface area contributed by atoms with Crippen LogP contribution in [0.2, 0.25) is 0 Å². The van der Waals surface area contributed by atoms with Crippen LogP contribution in [0.1, 0.15) is 25.3 Å². The van der Waals surface area contributed by atoms with E-state index in [1.165, 1.54) is 0 Å². The quantitative estimate of drug-likeness (QED) is 0.615. The van der Waals surface area contributed by atoms with Gasteiger partial charge in [-0.25, -0.2) is 0 Å². The molecule has 0 aliphatic rings. The molecule has 1 aromatic carbocycles. The molecule has 0 nitrogen and oxygen atoms in total. The van der Waals surface area contributed by atoms with Crippen LogP contribution in [-0.2, 0) is 0 Å². The second-order valence-electron chi connectivity index (χ2n) is 2.94. The molecule has 0 atom stereocenters. The molecule has 0 heterocycles. The first kappa shape index (κ1) is 10.4. The van der Waals surface area contributed by atoms with Crippen LogP contribution < -0.4 is 0 Å². The third-order valence-electron chi connectivity index (χ3n) is 1.80. The van der Waals surface area contributed by atoms with Crippen molar-refractivity contribution in [3.8, 4) is 24.2 Å². The van der Waals surface area contributed by atoms with Gasteiger partial charge >= 0.3 is 0 Å². The second-order valence-corrected chi connectivity index (χ2v) is 2.94. The highest BCUT2D eigenvalue weighted by atomic mass is 14.0. The van der Waals surface area contributed by atoms with Gasteiger partial charge < -0.3 is 0 Å². The summed E-state index contributed by atoms with van der Waals surface area (Å²) >= 11 is 0. The highest BCUT2D eigenvalue weighted by Gasteiger charge is 2.03. The lowest BCUT2D eigenvalue weighted by molar-refractivity contribution is 0.983. The van der Waals surface area contributed by atoms with Crippen molar-refractivity contribution in [2.45, 2.75) is 19.8 Å². The van der Waals surface area contributed by atoms with Crippen LogP contribution in [-0.4, -0.2) is 0 Å². The molecule has 0 heteroatoms. The van der Waals surface area contributed by atoms with E-state index in [2.05, 4.69) is 24.7 Å². The Labute approximate surface area is 86.3 Å². The van der Waals surface area contributed by atoms with E-state index >= 15 is 0 Å². The molecule has 0 spiro atoms. The van der Waals surface area contributed by atoms with E-state index in [-0.39, 0.29) is 0 Å². The highest BCUT2D eigenvalue weighted by Crippen LogP contribution is 2.11. The van der Waals surface area contributed by atoms with E-state index < -0.39 is 0 Å². The summed E-state index contributed by atoms with van der Waals surface area (Å²) in [6.45, 7) is 2.10. The van der Waals surface area contributed by atoms with Crippen molar-refractivity contribution in [2.75, 3.05) is 0 Å². The number of unbranched alkanes of at least 4 members (excludes halogenated alkanes) is 1. The summed E-state index contributed by atoms with van der Waals surface area (Å²) in [7, 11) is 0. The van der Waals surface area contributed by atoms with Gasteiger partial charge in [-0.3, -0.25) is 0 Å². The maximum absolute atomic E-state index is 5.40. The number of hydrogen-bond acceptors (Lipinski definition) is 0. The van der Waals surface area contributed by atoms with E-state index in [0.29, 0.717) is 0 Å². The van der Waals surface area contributed by atoms with Crippen LogP contribution in [0.25, 0.3) is 0 Å². The summed E-state index contributed by atoms with van der Waals surface area (Å²) in [5, 5.41) is 0. The smallest absolute Gasteiger partial charge is 0.118 e. The Bertz CT molecular complexity index is 357. The third kappa shape index (κ3) is 3.00. The normalized spacial score (nSPS) is 8.93. The predicted molar refractivity (Wildman–Crippen MR) is 60.3 cm³/mol. The van der Waals surface area contributed by atoms with Crippen molar-refractivity contribution in [2.24, 2.45) is 0 Å². The van der Waals surface area contributed by atoms with Gasteiger partial charge in [0.2, 0.25) is 0 Å². The monoisotopic (exact) mass is 181 g/mol. The van der Waals surface area contributed by atoms with Crippen molar-refractivity contribution < 1.29 is 0 Å². The number of terminal acetylenes is 1.